The molecule has 1 aromatic carbocycles. The highest BCUT2D eigenvalue weighted by molar-refractivity contribution is 6.13. The summed E-state index contributed by atoms with van der Waals surface area (Å²) in [6.45, 7) is 4.42. The fraction of sp³-hybridized carbons (Fsp3) is 0.556. The summed E-state index contributed by atoms with van der Waals surface area (Å²) < 4.78 is 0. The second-order valence-electron chi connectivity index (χ2n) is 6.60. The number of benzene rings is 1. The van der Waals surface area contributed by atoms with Crippen LogP contribution in [0.15, 0.2) is 24.3 Å². The van der Waals surface area contributed by atoms with Crippen LogP contribution in [0.4, 0.5) is 5.69 Å². The molecule has 0 unspecified atom stereocenters. The minimum absolute atomic E-state index is 0.0816. The number of ketones is 1. The number of nitrogens with one attached hydrogen (secondary N) is 1. The number of unbranched alkanes of at least 4 members (excludes halogenated alkanes) is 1. The number of nitrogens with zero attached hydrogens (tertiary/aromatic N) is 1. The van der Waals surface area contributed by atoms with Gasteiger partial charge in [0, 0.05) is 24.6 Å². The van der Waals surface area contributed by atoms with E-state index in [0.29, 0.717) is 19.4 Å². The van der Waals surface area contributed by atoms with Crippen molar-refractivity contribution in [2.75, 3.05) is 11.4 Å². The van der Waals surface area contributed by atoms with Gasteiger partial charge in [0.25, 0.3) is 0 Å². The van der Waals surface area contributed by atoms with E-state index < -0.39 is 12.1 Å². The maximum absolute atomic E-state index is 12.9. The second kappa shape index (κ2) is 8.60. The lowest BCUT2D eigenvalue weighted by atomic mass is 9.98. The molecule has 1 aliphatic heterocycles. The molecule has 132 valence electrons. The van der Waals surface area contributed by atoms with Crippen LogP contribution in [0.25, 0.3) is 0 Å². The van der Waals surface area contributed by atoms with Crippen LogP contribution < -0.4 is 15.5 Å². The van der Waals surface area contributed by atoms with Crippen molar-refractivity contribution in [3.63, 3.8) is 0 Å². The van der Waals surface area contributed by atoms with Crippen molar-refractivity contribution in [2.24, 2.45) is 11.7 Å². The van der Waals surface area contributed by atoms with Crippen LogP contribution in [0.3, 0.4) is 0 Å². The Bertz CT molecular complexity index is 591. The van der Waals surface area contributed by atoms with Crippen molar-refractivity contribution >= 4 is 29.2 Å². The zero-order chi connectivity index (χ0) is 17.7. The van der Waals surface area contributed by atoms with Gasteiger partial charge in [0.2, 0.25) is 5.91 Å². The van der Waals surface area contributed by atoms with E-state index in [0.717, 1.165) is 24.1 Å². The molecule has 3 N–H and O–H groups in total. The summed E-state index contributed by atoms with van der Waals surface area (Å²) in [4.78, 5) is 29.7. The monoisotopic (exact) mass is 351 g/mol. The third-order valence-electron chi connectivity index (χ3n) is 4.46. The van der Waals surface area contributed by atoms with E-state index in [1.807, 2.05) is 38.1 Å². The Morgan fingerprint density at radius 1 is 1.33 bits per heavy atom. The molecule has 2 atom stereocenters. The number of hydrogen-bond donors (Lipinski definition) is 2. The largest absolute Gasteiger partial charge is 0.320 e. The first kappa shape index (κ1) is 18.9. The van der Waals surface area contributed by atoms with Crippen LogP contribution in [0, 0.1) is 5.92 Å². The number of anilines is 1. The first-order valence-corrected chi connectivity index (χ1v) is 8.89. The van der Waals surface area contributed by atoms with E-state index in [1.54, 1.807) is 4.90 Å². The van der Waals surface area contributed by atoms with Crippen LogP contribution in [-0.2, 0) is 16.0 Å². The number of amides is 1. The summed E-state index contributed by atoms with van der Waals surface area (Å²) in [5.41, 5.74) is 7.97. The van der Waals surface area contributed by atoms with Gasteiger partial charge in [0.15, 0.2) is 5.78 Å². The minimum Gasteiger partial charge on any atom is -0.320 e. The molecular weight excluding hydrogens is 326 g/mol. The molecule has 0 saturated carbocycles. The number of halogens is 1. The van der Waals surface area contributed by atoms with Gasteiger partial charge in [-0.05, 0) is 36.2 Å². The van der Waals surface area contributed by atoms with Crippen molar-refractivity contribution in [1.82, 2.24) is 4.84 Å². The molecule has 24 heavy (non-hydrogen) atoms. The van der Waals surface area contributed by atoms with Crippen LogP contribution in [-0.4, -0.2) is 30.3 Å². The van der Waals surface area contributed by atoms with Crippen molar-refractivity contribution in [1.29, 1.82) is 0 Å². The minimum atomic E-state index is -0.603. The highest BCUT2D eigenvalue weighted by Gasteiger charge is 2.40. The molecule has 5 nitrogen and oxygen atoms in total. The Kier molecular flexibility index (Phi) is 6.78. The van der Waals surface area contributed by atoms with Gasteiger partial charge in [0.05, 0.1) is 12.1 Å². The molecule has 2 rings (SSSR count). The number of carbonyl (C=O) groups excluding carboxylic acids is 2. The summed E-state index contributed by atoms with van der Waals surface area (Å²) >= 11 is 5.43. The van der Waals surface area contributed by atoms with Gasteiger partial charge in [-0.3, -0.25) is 14.5 Å². The molecular formula is C18H26ClN3O2. The molecule has 1 aromatic rings. The van der Waals surface area contributed by atoms with E-state index in [1.165, 1.54) is 0 Å². The van der Waals surface area contributed by atoms with Crippen LogP contribution in [0.2, 0.25) is 0 Å². The third kappa shape index (κ3) is 4.15. The molecule has 0 bridgehead atoms. The lowest BCUT2D eigenvalue weighted by molar-refractivity contribution is -0.127. The maximum atomic E-state index is 12.9. The molecule has 0 saturated heterocycles. The highest BCUT2D eigenvalue weighted by Crippen LogP contribution is 2.34. The molecule has 0 radical (unpaired) electrons. The van der Waals surface area contributed by atoms with Gasteiger partial charge in [-0.15, -0.1) is 0 Å². The van der Waals surface area contributed by atoms with E-state index in [4.69, 9.17) is 17.5 Å². The molecule has 6 heteroatoms. The predicted octanol–water partition coefficient (Wildman–Crippen LogP) is 2.41. The SMILES string of the molecule is CC(C)C(=O)[C@@H]1Cc2ccccc2N1C(=O)[C@@H](N)CCCCNCl. The summed E-state index contributed by atoms with van der Waals surface area (Å²) in [5.74, 6) is -0.207. The van der Waals surface area contributed by atoms with Gasteiger partial charge in [-0.2, -0.15) is 0 Å². The Hall–Kier alpha value is -1.43. The molecule has 0 spiro atoms. The second-order valence-corrected chi connectivity index (χ2v) is 6.87. The molecule has 1 aliphatic rings. The quantitative estimate of drug-likeness (QED) is 0.557. The summed E-state index contributed by atoms with van der Waals surface area (Å²) in [5, 5.41) is 0. The van der Waals surface area contributed by atoms with E-state index in [9.17, 15) is 9.59 Å². The number of rotatable bonds is 8. The normalized spacial score (nSPS) is 17.9. The smallest absolute Gasteiger partial charge is 0.244 e. The number of fused-ring (bicyclic) bond motifs is 1. The van der Waals surface area contributed by atoms with Gasteiger partial charge in [-0.25, -0.2) is 4.84 Å². The lowest BCUT2D eigenvalue weighted by Crippen LogP contribution is -2.51. The van der Waals surface area contributed by atoms with E-state index in [2.05, 4.69) is 4.84 Å². The number of para-hydroxylation sites is 1. The number of Topliss-reactive ketones (excluding diaryl/α,β-unsaturated/α-hetero) is 1. The Morgan fingerprint density at radius 3 is 2.71 bits per heavy atom. The van der Waals surface area contributed by atoms with Crippen LogP contribution in [0.1, 0.15) is 38.7 Å². The van der Waals surface area contributed by atoms with Gasteiger partial charge in [0.1, 0.15) is 0 Å². The van der Waals surface area contributed by atoms with E-state index in [-0.39, 0.29) is 17.6 Å². The lowest BCUT2D eigenvalue weighted by Gasteiger charge is -2.28. The average Bonchev–Trinajstić information content (AvgIpc) is 2.96. The van der Waals surface area contributed by atoms with Crippen molar-refractivity contribution in [2.45, 2.75) is 51.6 Å². The molecule has 0 aliphatic carbocycles. The number of carbonyl (C=O) groups is 2. The third-order valence-corrected chi connectivity index (χ3v) is 4.65. The molecule has 0 fully saturated rings. The van der Waals surface area contributed by atoms with Gasteiger partial charge < -0.3 is 5.73 Å². The topological polar surface area (TPSA) is 75.4 Å². The van der Waals surface area contributed by atoms with Gasteiger partial charge in [-0.1, -0.05) is 38.5 Å². The van der Waals surface area contributed by atoms with Crippen molar-refractivity contribution < 1.29 is 9.59 Å². The first-order valence-electron chi connectivity index (χ1n) is 8.51. The molecule has 0 aromatic heterocycles. The number of nitrogens with two attached hydrogens (primary N) is 1. The van der Waals surface area contributed by atoms with Crippen molar-refractivity contribution in [3.8, 4) is 0 Å². The summed E-state index contributed by atoms with van der Waals surface area (Å²) in [7, 11) is 0. The zero-order valence-corrected chi connectivity index (χ0v) is 15.1. The Labute approximate surface area is 148 Å². The maximum Gasteiger partial charge on any atom is 0.244 e. The van der Waals surface area contributed by atoms with Crippen molar-refractivity contribution in [3.05, 3.63) is 29.8 Å². The molecule has 1 amide bonds. The number of hydrogen-bond acceptors (Lipinski definition) is 4. The predicted molar refractivity (Wildman–Crippen MR) is 96.9 cm³/mol. The first-order chi connectivity index (χ1) is 11.5. The zero-order valence-electron chi connectivity index (χ0n) is 14.3. The fourth-order valence-corrected chi connectivity index (χ4v) is 3.26. The Morgan fingerprint density at radius 2 is 2.04 bits per heavy atom. The highest BCUT2D eigenvalue weighted by atomic mass is 35.5. The summed E-state index contributed by atoms with van der Waals surface area (Å²) in [6.07, 6.45) is 2.82. The summed E-state index contributed by atoms with van der Waals surface area (Å²) in [6, 6.07) is 6.65. The molecule has 1 heterocycles. The van der Waals surface area contributed by atoms with E-state index >= 15 is 0 Å². The van der Waals surface area contributed by atoms with Crippen LogP contribution in [0.5, 0.6) is 0 Å². The fourth-order valence-electron chi connectivity index (χ4n) is 3.13. The van der Waals surface area contributed by atoms with Gasteiger partial charge >= 0.3 is 0 Å². The Balaban J connectivity index is 2.16. The standard InChI is InChI=1S/C18H26ClN3O2/c1-12(2)17(23)16-11-13-7-3-4-9-15(13)22(16)18(24)14(20)8-5-6-10-21-19/h3-4,7,9,12,14,16,21H,5-6,8,10-11,20H2,1-2H3/t14-,16-/m0/s1. The van der Waals surface area contributed by atoms with Crippen LogP contribution >= 0.6 is 11.8 Å². The average molecular weight is 352 g/mol.